The lowest BCUT2D eigenvalue weighted by atomic mass is 10.0. The number of nitrogens with zero attached hydrogens (tertiary/aromatic N) is 2. The third-order valence-corrected chi connectivity index (χ3v) is 4.52. The number of amides is 1. The molecule has 19 heavy (non-hydrogen) atoms. The van der Waals surface area contributed by atoms with Gasteiger partial charge in [-0.25, -0.2) is 0 Å². The van der Waals surface area contributed by atoms with Crippen LogP contribution in [0.5, 0.6) is 0 Å². The molecule has 2 heterocycles. The van der Waals surface area contributed by atoms with Gasteiger partial charge in [0.2, 0.25) is 5.91 Å². The van der Waals surface area contributed by atoms with E-state index in [0.29, 0.717) is 13.0 Å². The molecule has 4 nitrogen and oxygen atoms in total. The van der Waals surface area contributed by atoms with Crippen LogP contribution in [0.1, 0.15) is 37.9 Å². The van der Waals surface area contributed by atoms with Gasteiger partial charge in [-0.3, -0.25) is 9.78 Å². The molecule has 0 radical (unpaired) electrons. The number of halogens is 2. The molecule has 104 valence electrons. The molecule has 1 fully saturated rings. The standard InChI is InChI=1S/C13H17Br2N3O/c1-2-18-11(19)5-3-4-10(16)13(18)12-9(15)6-8(14)7-17-12/h6-7,10,13H,2-5,16H2,1H3. The van der Waals surface area contributed by atoms with Crippen LogP contribution in [0, 0.1) is 0 Å². The summed E-state index contributed by atoms with van der Waals surface area (Å²) in [6.45, 7) is 2.64. The SMILES string of the molecule is CCN1C(=O)CCCC(N)C1c1ncc(Br)cc1Br. The number of carbonyl (C=O) groups excluding carboxylic acids is 1. The Labute approximate surface area is 130 Å². The molecule has 2 rings (SSSR count). The number of hydrogen-bond acceptors (Lipinski definition) is 3. The fourth-order valence-corrected chi connectivity index (χ4v) is 3.76. The zero-order valence-electron chi connectivity index (χ0n) is 10.8. The number of hydrogen-bond donors (Lipinski definition) is 1. The van der Waals surface area contributed by atoms with Gasteiger partial charge in [0, 0.05) is 34.1 Å². The maximum Gasteiger partial charge on any atom is 0.223 e. The van der Waals surface area contributed by atoms with E-state index in [2.05, 4.69) is 36.8 Å². The van der Waals surface area contributed by atoms with E-state index in [1.165, 1.54) is 0 Å². The van der Waals surface area contributed by atoms with Crippen molar-refractivity contribution in [1.82, 2.24) is 9.88 Å². The number of likely N-dealkylation sites (tertiary alicyclic amines) is 1. The summed E-state index contributed by atoms with van der Waals surface area (Å²) >= 11 is 6.92. The summed E-state index contributed by atoms with van der Waals surface area (Å²) < 4.78 is 1.79. The van der Waals surface area contributed by atoms with Crippen LogP contribution in [0.4, 0.5) is 0 Å². The van der Waals surface area contributed by atoms with Gasteiger partial charge in [0.15, 0.2) is 0 Å². The average Bonchev–Trinajstić information content (AvgIpc) is 2.49. The van der Waals surface area contributed by atoms with Crippen molar-refractivity contribution < 1.29 is 4.79 Å². The molecule has 1 aromatic rings. The largest absolute Gasteiger partial charge is 0.333 e. The van der Waals surface area contributed by atoms with E-state index in [4.69, 9.17) is 5.73 Å². The van der Waals surface area contributed by atoms with Gasteiger partial charge in [0.05, 0.1) is 11.7 Å². The van der Waals surface area contributed by atoms with Crippen LogP contribution >= 0.6 is 31.9 Å². The smallest absolute Gasteiger partial charge is 0.223 e. The Morgan fingerprint density at radius 1 is 1.53 bits per heavy atom. The van der Waals surface area contributed by atoms with Crippen molar-refractivity contribution in [2.45, 2.75) is 38.3 Å². The Morgan fingerprint density at radius 2 is 2.26 bits per heavy atom. The molecule has 0 aliphatic carbocycles. The highest BCUT2D eigenvalue weighted by molar-refractivity contribution is 9.11. The van der Waals surface area contributed by atoms with Crippen LogP contribution in [0.2, 0.25) is 0 Å². The third kappa shape index (κ3) is 3.17. The van der Waals surface area contributed by atoms with Crippen molar-refractivity contribution in [3.63, 3.8) is 0 Å². The first-order valence-corrected chi connectivity index (χ1v) is 7.99. The fourth-order valence-electron chi connectivity index (χ4n) is 2.54. The van der Waals surface area contributed by atoms with E-state index in [1.54, 1.807) is 6.20 Å². The van der Waals surface area contributed by atoms with Crippen molar-refractivity contribution in [2.24, 2.45) is 5.73 Å². The summed E-state index contributed by atoms with van der Waals surface area (Å²) in [7, 11) is 0. The molecule has 1 saturated heterocycles. The van der Waals surface area contributed by atoms with Gasteiger partial charge in [0.1, 0.15) is 0 Å². The monoisotopic (exact) mass is 389 g/mol. The van der Waals surface area contributed by atoms with Crippen molar-refractivity contribution in [3.05, 3.63) is 26.9 Å². The highest BCUT2D eigenvalue weighted by Gasteiger charge is 2.33. The van der Waals surface area contributed by atoms with Crippen LogP contribution in [-0.4, -0.2) is 28.4 Å². The van der Waals surface area contributed by atoms with Crippen LogP contribution in [0.25, 0.3) is 0 Å². The van der Waals surface area contributed by atoms with E-state index in [0.717, 1.165) is 27.5 Å². The summed E-state index contributed by atoms with van der Waals surface area (Å²) in [6.07, 6.45) is 4.01. The first-order valence-electron chi connectivity index (χ1n) is 6.40. The molecule has 1 aromatic heterocycles. The van der Waals surface area contributed by atoms with Gasteiger partial charge in [-0.15, -0.1) is 0 Å². The Morgan fingerprint density at radius 3 is 2.89 bits per heavy atom. The van der Waals surface area contributed by atoms with Gasteiger partial charge in [-0.05, 0) is 57.7 Å². The highest BCUT2D eigenvalue weighted by Crippen LogP contribution is 2.33. The Kier molecular flexibility index (Phi) is 4.97. The van der Waals surface area contributed by atoms with Gasteiger partial charge in [-0.2, -0.15) is 0 Å². The molecule has 0 aromatic carbocycles. The van der Waals surface area contributed by atoms with E-state index in [-0.39, 0.29) is 18.0 Å². The fraction of sp³-hybridized carbons (Fsp3) is 0.538. The number of pyridine rings is 1. The second-order valence-electron chi connectivity index (χ2n) is 4.70. The van der Waals surface area contributed by atoms with Crippen LogP contribution in [-0.2, 0) is 4.79 Å². The van der Waals surface area contributed by atoms with Gasteiger partial charge in [0.25, 0.3) is 0 Å². The molecular formula is C13H17Br2N3O. The van der Waals surface area contributed by atoms with Crippen molar-refractivity contribution >= 4 is 37.8 Å². The minimum Gasteiger partial charge on any atom is -0.333 e. The number of aromatic nitrogens is 1. The lowest BCUT2D eigenvalue weighted by molar-refractivity contribution is -0.133. The molecule has 2 N–H and O–H groups in total. The second kappa shape index (κ2) is 6.33. The highest BCUT2D eigenvalue weighted by atomic mass is 79.9. The van der Waals surface area contributed by atoms with Crippen LogP contribution in [0.3, 0.4) is 0 Å². The predicted octanol–water partition coefficient (Wildman–Crippen LogP) is 3.01. The predicted molar refractivity (Wildman–Crippen MR) is 81.6 cm³/mol. The first-order chi connectivity index (χ1) is 9.04. The first kappa shape index (κ1) is 14.9. The van der Waals surface area contributed by atoms with Crippen molar-refractivity contribution in [2.75, 3.05) is 6.54 Å². The topological polar surface area (TPSA) is 59.2 Å². The van der Waals surface area contributed by atoms with Gasteiger partial charge < -0.3 is 10.6 Å². The normalized spacial score (nSPS) is 24.4. The van der Waals surface area contributed by atoms with Gasteiger partial charge >= 0.3 is 0 Å². The maximum atomic E-state index is 12.2. The molecule has 1 amide bonds. The number of nitrogens with two attached hydrogens (primary N) is 1. The van der Waals surface area contributed by atoms with E-state index < -0.39 is 0 Å². The Hall–Kier alpha value is -0.460. The zero-order valence-corrected chi connectivity index (χ0v) is 13.9. The molecule has 0 saturated carbocycles. The lowest BCUT2D eigenvalue weighted by Crippen LogP contribution is -2.42. The Balaban J connectivity index is 2.44. The molecule has 2 unspecified atom stereocenters. The van der Waals surface area contributed by atoms with E-state index in [9.17, 15) is 4.79 Å². The summed E-state index contributed by atoms with van der Waals surface area (Å²) in [5.74, 6) is 0.164. The van der Waals surface area contributed by atoms with Crippen LogP contribution < -0.4 is 5.73 Å². The molecule has 1 aliphatic rings. The maximum absolute atomic E-state index is 12.2. The molecule has 1 aliphatic heterocycles. The number of rotatable bonds is 2. The average molecular weight is 391 g/mol. The lowest BCUT2D eigenvalue weighted by Gasteiger charge is -2.32. The molecule has 2 atom stereocenters. The van der Waals surface area contributed by atoms with Crippen molar-refractivity contribution in [3.8, 4) is 0 Å². The molecular weight excluding hydrogens is 374 g/mol. The molecule has 0 spiro atoms. The second-order valence-corrected chi connectivity index (χ2v) is 6.47. The molecule has 0 bridgehead atoms. The summed E-state index contributed by atoms with van der Waals surface area (Å²) in [5, 5.41) is 0. The zero-order chi connectivity index (χ0) is 14.0. The van der Waals surface area contributed by atoms with E-state index >= 15 is 0 Å². The summed E-state index contributed by atoms with van der Waals surface area (Å²) in [4.78, 5) is 18.5. The summed E-state index contributed by atoms with van der Waals surface area (Å²) in [5.41, 5.74) is 7.12. The summed E-state index contributed by atoms with van der Waals surface area (Å²) in [6, 6.07) is 1.72. The number of carbonyl (C=O) groups is 1. The Bertz CT molecular complexity index is 481. The van der Waals surface area contributed by atoms with E-state index in [1.807, 2.05) is 17.9 Å². The van der Waals surface area contributed by atoms with Crippen molar-refractivity contribution in [1.29, 1.82) is 0 Å². The van der Waals surface area contributed by atoms with Crippen LogP contribution in [0.15, 0.2) is 21.2 Å². The third-order valence-electron chi connectivity index (χ3n) is 3.45. The minimum absolute atomic E-state index is 0.0728. The quantitative estimate of drug-likeness (QED) is 0.844. The minimum atomic E-state index is -0.150. The van der Waals surface area contributed by atoms with Gasteiger partial charge in [-0.1, -0.05) is 0 Å². The number of likely N-dealkylation sites (N-methyl/N-ethyl adjacent to an activating group) is 1. The molecule has 6 heteroatoms.